The van der Waals surface area contributed by atoms with Crippen molar-refractivity contribution in [3.8, 4) is 89.8 Å². The van der Waals surface area contributed by atoms with Crippen molar-refractivity contribution in [3.05, 3.63) is 354 Å². The monoisotopic (exact) mass is 1060 g/mol. The van der Waals surface area contributed by atoms with Gasteiger partial charge < -0.3 is 14.4 Å². The summed E-state index contributed by atoms with van der Waals surface area (Å²) in [7, 11) is 0. The SMILES string of the molecule is c1ccc(-c2ccc(-c3ccc(N(c4ccc(-c5cccc6c5-c5ccccc5C65c6ccccc6Oc6ccccc65)cc4)c4cccc(-c5ccc6c(c5)-c5ccccc5C65c6ccccc6Oc6ccccc65)c4)cc3)cc2)cc1. The molecule has 13 aromatic rings. The predicted molar refractivity (Wildman–Crippen MR) is 338 cm³/mol. The van der Waals surface area contributed by atoms with Crippen molar-refractivity contribution in [1.29, 1.82) is 0 Å². The molecule has 17 rings (SSSR count). The minimum Gasteiger partial charge on any atom is -0.457 e. The number of para-hydroxylation sites is 4. The summed E-state index contributed by atoms with van der Waals surface area (Å²) in [6.45, 7) is 0. The molecular weight excluding hydrogens is 1010 g/mol. The maximum atomic E-state index is 6.66. The molecule has 0 aromatic heterocycles. The Morgan fingerprint density at radius 3 is 1.13 bits per heavy atom. The van der Waals surface area contributed by atoms with Gasteiger partial charge in [-0.15, -0.1) is 0 Å². The normalized spacial score (nSPS) is 13.7. The minimum atomic E-state index is -0.545. The zero-order valence-corrected chi connectivity index (χ0v) is 45.2. The van der Waals surface area contributed by atoms with E-state index in [1.807, 2.05) is 0 Å². The van der Waals surface area contributed by atoms with Gasteiger partial charge >= 0.3 is 0 Å². The van der Waals surface area contributed by atoms with Crippen molar-refractivity contribution in [2.45, 2.75) is 10.8 Å². The average molecular weight is 1060 g/mol. The molecule has 2 aliphatic heterocycles. The maximum Gasteiger partial charge on any atom is 0.132 e. The van der Waals surface area contributed by atoms with Gasteiger partial charge in [0, 0.05) is 39.3 Å². The number of rotatable bonds is 7. The smallest absolute Gasteiger partial charge is 0.132 e. The molecular formula is C80H51NO2. The number of fused-ring (bicyclic) bond motifs is 18. The molecule has 2 aliphatic carbocycles. The Morgan fingerprint density at radius 2 is 0.566 bits per heavy atom. The zero-order valence-electron chi connectivity index (χ0n) is 45.2. The van der Waals surface area contributed by atoms with Crippen LogP contribution in [0.4, 0.5) is 17.1 Å². The van der Waals surface area contributed by atoms with Crippen LogP contribution >= 0.6 is 0 Å². The summed E-state index contributed by atoms with van der Waals surface area (Å²) in [6, 6.07) is 113. The summed E-state index contributed by atoms with van der Waals surface area (Å²) in [5.74, 6) is 3.57. The van der Waals surface area contributed by atoms with Crippen LogP contribution in [0.3, 0.4) is 0 Å². The Labute approximate surface area is 483 Å². The third-order valence-electron chi connectivity index (χ3n) is 18.0. The molecule has 0 N–H and O–H groups in total. The van der Waals surface area contributed by atoms with Gasteiger partial charge in [-0.2, -0.15) is 0 Å². The lowest BCUT2D eigenvalue weighted by atomic mass is 9.66. The van der Waals surface area contributed by atoms with Crippen LogP contribution in [0.15, 0.2) is 309 Å². The van der Waals surface area contributed by atoms with Crippen molar-refractivity contribution in [1.82, 2.24) is 0 Å². The molecule has 0 saturated carbocycles. The third kappa shape index (κ3) is 6.92. The number of hydrogen-bond acceptors (Lipinski definition) is 3. The van der Waals surface area contributed by atoms with Crippen LogP contribution in [0.5, 0.6) is 23.0 Å². The van der Waals surface area contributed by atoms with Crippen molar-refractivity contribution in [3.63, 3.8) is 0 Å². The lowest BCUT2D eigenvalue weighted by Crippen LogP contribution is -2.32. The lowest BCUT2D eigenvalue weighted by Gasteiger charge is -2.39. The average Bonchev–Trinajstić information content (AvgIpc) is 1.70. The van der Waals surface area contributed by atoms with E-state index in [0.29, 0.717) is 0 Å². The van der Waals surface area contributed by atoms with Gasteiger partial charge in [-0.25, -0.2) is 0 Å². The van der Waals surface area contributed by atoms with Crippen LogP contribution in [-0.4, -0.2) is 0 Å². The second-order valence-corrected chi connectivity index (χ2v) is 22.2. The number of hydrogen-bond donors (Lipinski definition) is 0. The number of nitrogens with zero attached hydrogens (tertiary/aromatic N) is 1. The summed E-state index contributed by atoms with van der Waals surface area (Å²) >= 11 is 0. The van der Waals surface area contributed by atoms with Gasteiger partial charge in [0.25, 0.3) is 0 Å². The molecule has 13 aromatic carbocycles. The van der Waals surface area contributed by atoms with E-state index in [4.69, 9.17) is 9.47 Å². The van der Waals surface area contributed by atoms with Crippen LogP contribution in [0.2, 0.25) is 0 Å². The van der Waals surface area contributed by atoms with Gasteiger partial charge in [0.15, 0.2) is 0 Å². The van der Waals surface area contributed by atoms with Crippen LogP contribution in [0.25, 0.3) is 66.8 Å². The number of ether oxygens (including phenoxy) is 2. The summed E-state index contributed by atoms with van der Waals surface area (Å²) in [6.07, 6.45) is 0. The van der Waals surface area contributed by atoms with E-state index in [0.717, 1.165) is 84.6 Å². The molecule has 2 spiro atoms. The Morgan fingerprint density at radius 1 is 0.205 bits per heavy atom. The van der Waals surface area contributed by atoms with E-state index >= 15 is 0 Å². The molecule has 2 heterocycles. The molecule has 83 heavy (non-hydrogen) atoms. The third-order valence-corrected chi connectivity index (χ3v) is 18.0. The van der Waals surface area contributed by atoms with Crippen LogP contribution in [0, 0.1) is 0 Å². The van der Waals surface area contributed by atoms with Gasteiger partial charge in [0.2, 0.25) is 0 Å². The highest BCUT2D eigenvalue weighted by molar-refractivity contribution is 5.97. The Balaban J connectivity index is 0.790. The second kappa shape index (κ2) is 18.4. The Bertz CT molecular complexity index is 4640. The predicted octanol–water partition coefficient (Wildman–Crippen LogP) is 20.8. The molecule has 0 radical (unpaired) electrons. The van der Waals surface area contributed by atoms with Gasteiger partial charge in [0.05, 0.1) is 10.8 Å². The molecule has 0 atom stereocenters. The second-order valence-electron chi connectivity index (χ2n) is 22.2. The number of benzene rings is 13. The topological polar surface area (TPSA) is 21.7 Å². The van der Waals surface area contributed by atoms with Gasteiger partial charge in [0.1, 0.15) is 23.0 Å². The van der Waals surface area contributed by atoms with E-state index in [1.54, 1.807) is 0 Å². The first-order valence-corrected chi connectivity index (χ1v) is 28.6. The van der Waals surface area contributed by atoms with Gasteiger partial charge in [-0.3, -0.25) is 0 Å². The largest absolute Gasteiger partial charge is 0.457 e. The van der Waals surface area contributed by atoms with Crippen molar-refractivity contribution in [2.24, 2.45) is 0 Å². The molecule has 0 fully saturated rings. The zero-order chi connectivity index (χ0) is 54.6. The molecule has 0 saturated heterocycles. The standard InChI is InChI=1S/C80H51NO2/c1-2-18-52(19-3-1)53-36-38-54(39-37-53)55-40-45-59(46-41-55)81(60-47-42-56(43-48-60)62-24-17-31-73-78(62)64-23-5-7-26-67(64)80(73)71-29-10-14-34-76(71)83-77-35-15-11-30-72(77)80)61-21-16-20-57(50-61)58-44-49-68-65(51-58)63-22-4-6-25-66(63)79(68)69-27-8-12-32-74(69)82-75-33-13-9-28-70(75)79/h1-51H. The Hall–Kier alpha value is -10.7. The highest BCUT2D eigenvalue weighted by Gasteiger charge is 2.53. The molecule has 3 nitrogen and oxygen atoms in total. The van der Waals surface area contributed by atoms with Crippen LogP contribution in [-0.2, 0) is 10.8 Å². The van der Waals surface area contributed by atoms with E-state index < -0.39 is 10.8 Å². The summed E-state index contributed by atoms with van der Waals surface area (Å²) in [5, 5.41) is 0. The van der Waals surface area contributed by atoms with Crippen LogP contribution < -0.4 is 14.4 Å². The fraction of sp³-hybridized carbons (Fsp3) is 0.0250. The first-order valence-electron chi connectivity index (χ1n) is 28.6. The molecule has 0 bridgehead atoms. The lowest BCUT2D eigenvalue weighted by molar-refractivity contribution is 0.436. The van der Waals surface area contributed by atoms with Crippen LogP contribution in [0.1, 0.15) is 44.5 Å². The van der Waals surface area contributed by atoms with Gasteiger partial charge in [-0.05, 0) is 156 Å². The highest BCUT2D eigenvalue weighted by atomic mass is 16.5. The quantitative estimate of drug-likeness (QED) is 0.159. The molecule has 4 aliphatic rings. The maximum absolute atomic E-state index is 6.66. The fourth-order valence-corrected chi connectivity index (χ4v) is 14.5. The molecule has 0 unspecified atom stereocenters. The van der Waals surface area contributed by atoms with E-state index in [9.17, 15) is 0 Å². The highest BCUT2D eigenvalue weighted by Crippen LogP contribution is 2.65. The minimum absolute atomic E-state index is 0.525. The van der Waals surface area contributed by atoms with Crippen molar-refractivity contribution in [2.75, 3.05) is 4.90 Å². The summed E-state index contributed by atoms with van der Waals surface area (Å²) in [5.41, 5.74) is 26.2. The van der Waals surface area contributed by atoms with Crippen molar-refractivity contribution < 1.29 is 9.47 Å². The van der Waals surface area contributed by atoms with E-state index in [2.05, 4.69) is 314 Å². The first-order chi connectivity index (χ1) is 41.1. The fourth-order valence-electron chi connectivity index (χ4n) is 14.5. The Kier molecular flexibility index (Phi) is 10.4. The van der Waals surface area contributed by atoms with Gasteiger partial charge in [-0.1, -0.05) is 243 Å². The number of anilines is 3. The molecule has 388 valence electrons. The summed E-state index contributed by atoms with van der Waals surface area (Å²) in [4.78, 5) is 2.40. The van der Waals surface area contributed by atoms with E-state index in [1.165, 1.54) is 66.8 Å². The van der Waals surface area contributed by atoms with Crippen molar-refractivity contribution >= 4 is 17.1 Å². The first kappa shape index (κ1) is 47.1. The summed E-state index contributed by atoms with van der Waals surface area (Å²) < 4.78 is 13.3. The van der Waals surface area contributed by atoms with E-state index in [-0.39, 0.29) is 0 Å². The molecule has 0 amide bonds. The molecule has 3 heteroatoms.